The minimum absolute atomic E-state index is 0.300. The van der Waals surface area contributed by atoms with Gasteiger partial charge in [-0.1, -0.05) is 27.7 Å². The van der Waals surface area contributed by atoms with Crippen molar-refractivity contribution in [1.29, 1.82) is 0 Å². The Morgan fingerprint density at radius 3 is 2.24 bits per heavy atom. The number of anilines is 2. The Balaban J connectivity index is 2.90. The van der Waals surface area contributed by atoms with E-state index in [-0.39, 0.29) is 0 Å². The monoisotopic (exact) mass is 238 g/mol. The van der Waals surface area contributed by atoms with Gasteiger partial charge in [0, 0.05) is 6.42 Å². The van der Waals surface area contributed by atoms with Crippen molar-refractivity contribution in [2.24, 2.45) is 11.8 Å². The standard InChI is InChI=1S/C12H22N4O/c1-7(2)5-9-15-11(14)10(13)12(16-9)17-6-8(3)4/h7-8H,5-6,13H2,1-4H3,(H2,14,15,16). The molecule has 1 heterocycles. The highest BCUT2D eigenvalue weighted by molar-refractivity contribution is 5.64. The highest BCUT2D eigenvalue weighted by Gasteiger charge is 2.12. The molecule has 5 heteroatoms. The number of rotatable bonds is 5. The van der Waals surface area contributed by atoms with E-state index < -0.39 is 0 Å². The molecule has 0 aliphatic rings. The zero-order valence-electron chi connectivity index (χ0n) is 11.0. The third-order valence-corrected chi connectivity index (χ3v) is 2.13. The van der Waals surface area contributed by atoms with Crippen LogP contribution in [-0.2, 0) is 6.42 Å². The lowest BCUT2D eigenvalue weighted by atomic mass is 10.1. The van der Waals surface area contributed by atoms with Gasteiger partial charge in [-0.05, 0) is 11.8 Å². The number of hydrogen-bond acceptors (Lipinski definition) is 5. The fourth-order valence-corrected chi connectivity index (χ4v) is 1.32. The molecule has 4 N–H and O–H groups in total. The normalized spacial score (nSPS) is 11.2. The van der Waals surface area contributed by atoms with Crippen molar-refractivity contribution in [3.05, 3.63) is 5.82 Å². The first-order valence-electron chi connectivity index (χ1n) is 5.94. The second kappa shape index (κ2) is 5.70. The Morgan fingerprint density at radius 2 is 1.71 bits per heavy atom. The molecule has 0 atom stereocenters. The third-order valence-electron chi connectivity index (χ3n) is 2.13. The average molecular weight is 238 g/mol. The predicted octanol–water partition coefficient (Wildman–Crippen LogP) is 1.87. The summed E-state index contributed by atoms with van der Waals surface area (Å²) in [5.41, 5.74) is 11.9. The smallest absolute Gasteiger partial charge is 0.242 e. The number of nitrogens with two attached hydrogens (primary N) is 2. The number of ether oxygens (including phenoxy) is 1. The van der Waals surface area contributed by atoms with Crippen LogP contribution >= 0.6 is 0 Å². The molecule has 0 radical (unpaired) electrons. The summed E-state index contributed by atoms with van der Waals surface area (Å²) >= 11 is 0. The van der Waals surface area contributed by atoms with Gasteiger partial charge in [-0.25, -0.2) is 4.98 Å². The summed E-state index contributed by atoms with van der Waals surface area (Å²) in [7, 11) is 0. The van der Waals surface area contributed by atoms with Gasteiger partial charge in [0.2, 0.25) is 5.88 Å². The van der Waals surface area contributed by atoms with Gasteiger partial charge in [0.25, 0.3) is 0 Å². The molecule has 1 rings (SSSR count). The van der Waals surface area contributed by atoms with E-state index >= 15 is 0 Å². The molecule has 1 aromatic heterocycles. The van der Waals surface area contributed by atoms with Crippen LogP contribution in [0.4, 0.5) is 11.5 Å². The van der Waals surface area contributed by atoms with Gasteiger partial charge in [0.15, 0.2) is 5.82 Å². The molecule has 0 amide bonds. The highest BCUT2D eigenvalue weighted by atomic mass is 16.5. The summed E-state index contributed by atoms with van der Waals surface area (Å²) in [5.74, 6) is 2.27. The maximum Gasteiger partial charge on any atom is 0.242 e. The first kappa shape index (κ1) is 13.5. The van der Waals surface area contributed by atoms with Crippen LogP contribution in [0.5, 0.6) is 5.88 Å². The molecule has 0 spiro atoms. The van der Waals surface area contributed by atoms with E-state index in [0.717, 1.165) is 6.42 Å². The summed E-state index contributed by atoms with van der Waals surface area (Å²) in [6, 6.07) is 0. The van der Waals surface area contributed by atoms with Crippen LogP contribution < -0.4 is 16.2 Å². The van der Waals surface area contributed by atoms with Gasteiger partial charge in [-0.2, -0.15) is 4.98 Å². The zero-order chi connectivity index (χ0) is 13.0. The number of nitrogen functional groups attached to an aromatic ring is 2. The van der Waals surface area contributed by atoms with Crippen LogP contribution in [0.2, 0.25) is 0 Å². The molecule has 0 bridgehead atoms. The van der Waals surface area contributed by atoms with Crippen LogP contribution in [0.25, 0.3) is 0 Å². The first-order chi connectivity index (χ1) is 7.90. The van der Waals surface area contributed by atoms with Gasteiger partial charge in [-0.3, -0.25) is 0 Å². The number of aromatic nitrogens is 2. The van der Waals surface area contributed by atoms with Crippen molar-refractivity contribution >= 4 is 11.5 Å². The van der Waals surface area contributed by atoms with Crippen LogP contribution in [0, 0.1) is 11.8 Å². The molecule has 1 aromatic rings. The quantitative estimate of drug-likeness (QED) is 0.817. The van der Waals surface area contributed by atoms with E-state index in [1.165, 1.54) is 0 Å². The second-order valence-electron chi connectivity index (χ2n) is 5.05. The Kier molecular flexibility index (Phi) is 4.54. The second-order valence-corrected chi connectivity index (χ2v) is 5.05. The van der Waals surface area contributed by atoms with Crippen LogP contribution in [-0.4, -0.2) is 16.6 Å². The Morgan fingerprint density at radius 1 is 1.06 bits per heavy atom. The van der Waals surface area contributed by atoms with Crippen molar-refractivity contribution in [1.82, 2.24) is 9.97 Å². The van der Waals surface area contributed by atoms with Gasteiger partial charge in [0.1, 0.15) is 11.5 Å². The Labute approximate surface area is 103 Å². The number of hydrogen-bond donors (Lipinski definition) is 2. The van der Waals surface area contributed by atoms with E-state index in [2.05, 4.69) is 37.7 Å². The maximum atomic E-state index is 5.79. The average Bonchev–Trinajstić information content (AvgIpc) is 2.20. The Hall–Kier alpha value is -1.52. The highest BCUT2D eigenvalue weighted by Crippen LogP contribution is 2.24. The molecule has 0 aliphatic carbocycles. The molecular formula is C12H22N4O. The van der Waals surface area contributed by atoms with Gasteiger partial charge < -0.3 is 16.2 Å². The minimum Gasteiger partial charge on any atom is -0.476 e. The molecular weight excluding hydrogens is 216 g/mol. The molecule has 0 unspecified atom stereocenters. The van der Waals surface area contributed by atoms with Crippen molar-refractivity contribution in [3.8, 4) is 5.88 Å². The van der Waals surface area contributed by atoms with Crippen molar-refractivity contribution in [3.63, 3.8) is 0 Å². The predicted molar refractivity (Wildman–Crippen MR) is 69.7 cm³/mol. The molecule has 17 heavy (non-hydrogen) atoms. The first-order valence-corrected chi connectivity index (χ1v) is 5.94. The van der Waals surface area contributed by atoms with Gasteiger partial charge >= 0.3 is 0 Å². The van der Waals surface area contributed by atoms with E-state index in [1.807, 2.05) is 0 Å². The topological polar surface area (TPSA) is 87.0 Å². The summed E-state index contributed by atoms with van der Waals surface area (Å²) in [4.78, 5) is 8.47. The molecule has 0 saturated carbocycles. The number of nitrogens with zero attached hydrogens (tertiary/aromatic N) is 2. The van der Waals surface area contributed by atoms with Crippen molar-refractivity contribution < 1.29 is 4.74 Å². The molecule has 0 saturated heterocycles. The molecule has 0 aromatic carbocycles. The summed E-state index contributed by atoms with van der Waals surface area (Å²) in [6.45, 7) is 8.91. The lowest BCUT2D eigenvalue weighted by Gasteiger charge is -2.13. The fourth-order valence-electron chi connectivity index (χ4n) is 1.32. The summed E-state index contributed by atoms with van der Waals surface area (Å²) in [5, 5.41) is 0. The van der Waals surface area contributed by atoms with Crippen LogP contribution in [0.15, 0.2) is 0 Å². The van der Waals surface area contributed by atoms with E-state index in [0.29, 0.717) is 41.7 Å². The SMILES string of the molecule is CC(C)COc1nc(CC(C)C)nc(N)c1N. The van der Waals surface area contributed by atoms with E-state index in [9.17, 15) is 0 Å². The molecule has 0 aliphatic heterocycles. The molecule has 5 nitrogen and oxygen atoms in total. The summed E-state index contributed by atoms with van der Waals surface area (Å²) in [6.07, 6.45) is 0.766. The third kappa shape index (κ3) is 4.09. The van der Waals surface area contributed by atoms with Crippen LogP contribution in [0.1, 0.15) is 33.5 Å². The maximum absolute atomic E-state index is 5.79. The Bertz CT molecular complexity index is 377. The van der Waals surface area contributed by atoms with Gasteiger partial charge in [-0.15, -0.1) is 0 Å². The zero-order valence-corrected chi connectivity index (χ0v) is 11.0. The van der Waals surface area contributed by atoms with Crippen molar-refractivity contribution in [2.45, 2.75) is 34.1 Å². The lowest BCUT2D eigenvalue weighted by Crippen LogP contribution is -2.12. The minimum atomic E-state index is 0.300. The van der Waals surface area contributed by atoms with Crippen molar-refractivity contribution in [2.75, 3.05) is 18.1 Å². The summed E-state index contributed by atoms with van der Waals surface area (Å²) < 4.78 is 5.55. The van der Waals surface area contributed by atoms with Gasteiger partial charge in [0.05, 0.1) is 6.61 Å². The van der Waals surface area contributed by atoms with E-state index in [4.69, 9.17) is 16.2 Å². The van der Waals surface area contributed by atoms with Crippen LogP contribution in [0.3, 0.4) is 0 Å². The molecule has 0 fully saturated rings. The molecule has 96 valence electrons. The lowest BCUT2D eigenvalue weighted by molar-refractivity contribution is 0.261. The fraction of sp³-hybridized carbons (Fsp3) is 0.667. The van der Waals surface area contributed by atoms with E-state index in [1.54, 1.807) is 0 Å². The largest absolute Gasteiger partial charge is 0.476 e.